The molecule has 5 heteroatoms. The lowest BCUT2D eigenvalue weighted by molar-refractivity contribution is 0.589. The summed E-state index contributed by atoms with van der Waals surface area (Å²) in [7, 11) is 0. The molecule has 0 amide bonds. The highest BCUT2D eigenvalue weighted by Gasteiger charge is 2.23. The molecule has 0 fully saturated rings. The summed E-state index contributed by atoms with van der Waals surface area (Å²) >= 11 is 0. The minimum atomic E-state index is -0.213. The van der Waals surface area contributed by atoms with Crippen LogP contribution in [0.4, 0.5) is 4.39 Å². The predicted molar refractivity (Wildman–Crippen MR) is 85.4 cm³/mol. The number of hydrogen-bond acceptors (Lipinski definition) is 3. The summed E-state index contributed by atoms with van der Waals surface area (Å²) in [6.07, 6.45) is 7.82. The molecule has 0 saturated heterocycles. The normalized spacial score (nSPS) is 13.8. The summed E-state index contributed by atoms with van der Waals surface area (Å²) in [5.74, 6) is 0.457. The molecule has 0 radical (unpaired) electrons. The molecule has 3 aromatic rings. The van der Waals surface area contributed by atoms with Crippen molar-refractivity contribution in [1.82, 2.24) is 19.7 Å². The Bertz CT molecular complexity index is 826. The van der Waals surface area contributed by atoms with Crippen LogP contribution in [0.15, 0.2) is 42.7 Å². The van der Waals surface area contributed by atoms with E-state index in [1.165, 1.54) is 23.7 Å². The van der Waals surface area contributed by atoms with Crippen LogP contribution in [0.5, 0.6) is 0 Å². The number of benzene rings is 1. The highest BCUT2D eigenvalue weighted by Crippen LogP contribution is 2.29. The fraction of sp³-hybridized carbons (Fsp3) is 0.278. The molecule has 0 spiro atoms. The average molecular weight is 308 g/mol. The molecule has 0 N–H and O–H groups in total. The summed E-state index contributed by atoms with van der Waals surface area (Å²) in [5.41, 5.74) is 4.28. The third-order valence-corrected chi connectivity index (χ3v) is 4.26. The van der Waals surface area contributed by atoms with Gasteiger partial charge in [0.1, 0.15) is 11.5 Å². The van der Waals surface area contributed by atoms with Gasteiger partial charge in [-0.25, -0.2) is 14.4 Å². The Hall–Kier alpha value is -2.56. The standard InChI is InChI=1S/C18H17FN4/c19-14-6-3-5-13(11-14)12-23-16-8-2-1-7-15(16)17(22-23)18-20-9-4-10-21-18/h3-6,9-11H,1-2,7-8,12H2. The molecule has 0 saturated carbocycles. The monoisotopic (exact) mass is 308 g/mol. The van der Waals surface area contributed by atoms with Gasteiger partial charge >= 0.3 is 0 Å². The molecule has 2 heterocycles. The zero-order chi connectivity index (χ0) is 15.6. The van der Waals surface area contributed by atoms with E-state index >= 15 is 0 Å². The molecule has 0 bridgehead atoms. The maximum absolute atomic E-state index is 13.4. The van der Waals surface area contributed by atoms with Crippen LogP contribution in [0, 0.1) is 5.82 Å². The van der Waals surface area contributed by atoms with Crippen LogP contribution in [0.25, 0.3) is 11.5 Å². The number of fused-ring (bicyclic) bond motifs is 1. The van der Waals surface area contributed by atoms with E-state index in [1.807, 2.05) is 10.7 Å². The zero-order valence-corrected chi connectivity index (χ0v) is 12.7. The van der Waals surface area contributed by atoms with Crippen molar-refractivity contribution in [3.8, 4) is 11.5 Å². The second-order valence-electron chi connectivity index (χ2n) is 5.84. The fourth-order valence-corrected chi connectivity index (χ4v) is 3.21. The van der Waals surface area contributed by atoms with Crippen LogP contribution in [0.3, 0.4) is 0 Å². The van der Waals surface area contributed by atoms with Crippen LogP contribution in [-0.4, -0.2) is 19.7 Å². The quantitative estimate of drug-likeness (QED) is 0.745. The van der Waals surface area contributed by atoms with Gasteiger partial charge in [0, 0.05) is 23.7 Å². The molecule has 0 atom stereocenters. The summed E-state index contributed by atoms with van der Waals surface area (Å²) < 4.78 is 15.4. The van der Waals surface area contributed by atoms with E-state index in [0.717, 1.165) is 30.5 Å². The highest BCUT2D eigenvalue weighted by atomic mass is 19.1. The second kappa shape index (κ2) is 5.91. The Balaban J connectivity index is 1.77. The summed E-state index contributed by atoms with van der Waals surface area (Å²) in [6.45, 7) is 0.576. The van der Waals surface area contributed by atoms with Gasteiger partial charge in [-0.1, -0.05) is 12.1 Å². The van der Waals surface area contributed by atoms with Gasteiger partial charge in [0.25, 0.3) is 0 Å². The molecule has 0 aliphatic heterocycles. The topological polar surface area (TPSA) is 43.6 Å². The first kappa shape index (κ1) is 14.1. The van der Waals surface area contributed by atoms with Crippen LogP contribution >= 0.6 is 0 Å². The fourth-order valence-electron chi connectivity index (χ4n) is 3.21. The van der Waals surface area contributed by atoms with Gasteiger partial charge < -0.3 is 0 Å². The summed E-state index contributed by atoms with van der Waals surface area (Å²) in [5, 5.41) is 4.76. The third kappa shape index (κ3) is 2.74. The lowest BCUT2D eigenvalue weighted by Gasteiger charge is -2.14. The minimum Gasteiger partial charge on any atom is -0.264 e. The van der Waals surface area contributed by atoms with Crippen LogP contribution in [-0.2, 0) is 19.4 Å². The van der Waals surface area contributed by atoms with E-state index < -0.39 is 0 Å². The Morgan fingerprint density at radius 2 is 1.87 bits per heavy atom. The molecule has 1 aliphatic carbocycles. The molecular formula is C18H17FN4. The number of hydrogen-bond donors (Lipinski definition) is 0. The van der Waals surface area contributed by atoms with Crippen molar-refractivity contribution in [2.24, 2.45) is 0 Å². The Kier molecular flexibility index (Phi) is 3.61. The highest BCUT2D eigenvalue weighted by molar-refractivity contribution is 5.57. The van der Waals surface area contributed by atoms with E-state index in [2.05, 4.69) is 9.97 Å². The first-order chi connectivity index (χ1) is 11.3. The van der Waals surface area contributed by atoms with Gasteiger partial charge in [0.05, 0.1) is 6.54 Å². The SMILES string of the molecule is Fc1cccc(Cn2nc(-c3ncccn3)c3c2CCCC3)c1. The third-order valence-electron chi connectivity index (χ3n) is 4.26. The average Bonchev–Trinajstić information content (AvgIpc) is 2.95. The Labute approximate surface area is 134 Å². The molecular weight excluding hydrogens is 291 g/mol. The van der Waals surface area contributed by atoms with Crippen LogP contribution < -0.4 is 0 Å². The second-order valence-corrected chi connectivity index (χ2v) is 5.84. The Morgan fingerprint density at radius 3 is 2.70 bits per heavy atom. The zero-order valence-electron chi connectivity index (χ0n) is 12.7. The van der Waals surface area contributed by atoms with Gasteiger partial charge in [0.2, 0.25) is 0 Å². The first-order valence-corrected chi connectivity index (χ1v) is 7.91. The van der Waals surface area contributed by atoms with Gasteiger partial charge in [0.15, 0.2) is 5.82 Å². The van der Waals surface area contributed by atoms with Crippen molar-refractivity contribution in [3.05, 3.63) is 65.4 Å². The number of nitrogens with zero attached hydrogens (tertiary/aromatic N) is 4. The minimum absolute atomic E-state index is 0.213. The molecule has 4 nitrogen and oxygen atoms in total. The van der Waals surface area contributed by atoms with E-state index in [0.29, 0.717) is 12.4 Å². The van der Waals surface area contributed by atoms with Crippen molar-refractivity contribution < 1.29 is 4.39 Å². The Morgan fingerprint density at radius 1 is 1.04 bits per heavy atom. The van der Waals surface area contributed by atoms with Crippen molar-refractivity contribution in [2.75, 3.05) is 0 Å². The maximum atomic E-state index is 13.4. The van der Waals surface area contributed by atoms with Gasteiger partial charge in [-0.15, -0.1) is 0 Å². The lowest BCUT2D eigenvalue weighted by Crippen LogP contribution is -2.10. The maximum Gasteiger partial charge on any atom is 0.180 e. The first-order valence-electron chi connectivity index (χ1n) is 7.91. The van der Waals surface area contributed by atoms with E-state index in [4.69, 9.17) is 5.10 Å². The molecule has 116 valence electrons. The molecule has 23 heavy (non-hydrogen) atoms. The number of aromatic nitrogens is 4. The summed E-state index contributed by atoms with van der Waals surface area (Å²) in [6, 6.07) is 8.50. The van der Waals surface area contributed by atoms with Gasteiger partial charge in [-0.05, 0) is 49.4 Å². The van der Waals surface area contributed by atoms with E-state index in [9.17, 15) is 4.39 Å². The van der Waals surface area contributed by atoms with Crippen molar-refractivity contribution in [1.29, 1.82) is 0 Å². The molecule has 1 aliphatic rings. The van der Waals surface area contributed by atoms with Crippen LogP contribution in [0.1, 0.15) is 29.7 Å². The van der Waals surface area contributed by atoms with Gasteiger partial charge in [-0.2, -0.15) is 5.10 Å². The largest absolute Gasteiger partial charge is 0.264 e. The van der Waals surface area contributed by atoms with Crippen molar-refractivity contribution >= 4 is 0 Å². The molecule has 2 aromatic heterocycles. The molecule has 0 unspecified atom stereocenters. The smallest absolute Gasteiger partial charge is 0.180 e. The van der Waals surface area contributed by atoms with Crippen molar-refractivity contribution in [3.63, 3.8) is 0 Å². The molecule has 1 aromatic carbocycles. The van der Waals surface area contributed by atoms with Crippen molar-refractivity contribution in [2.45, 2.75) is 32.2 Å². The van der Waals surface area contributed by atoms with E-state index in [-0.39, 0.29) is 5.82 Å². The van der Waals surface area contributed by atoms with Gasteiger partial charge in [-0.3, -0.25) is 4.68 Å². The number of rotatable bonds is 3. The molecule has 4 rings (SSSR count). The van der Waals surface area contributed by atoms with Crippen LogP contribution in [0.2, 0.25) is 0 Å². The van der Waals surface area contributed by atoms with E-state index in [1.54, 1.807) is 30.6 Å². The number of halogens is 1. The predicted octanol–water partition coefficient (Wildman–Crippen LogP) is 3.41. The summed E-state index contributed by atoms with van der Waals surface area (Å²) in [4.78, 5) is 8.69. The lowest BCUT2D eigenvalue weighted by atomic mass is 9.95.